The van der Waals surface area contributed by atoms with Gasteiger partial charge in [0.15, 0.2) is 0 Å². The molecule has 3 N–H and O–H groups in total. The van der Waals surface area contributed by atoms with E-state index in [-0.39, 0.29) is 11.6 Å². The van der Waals surface area contributed by atoms with Crippen LogP contribution in [0, 0.1) is 0 Å². The molecule has 3 aromatic carbocycles. The minimum atomic E-state index is -0.971. The molecular formula is C23H22ClNO4. The van der Waals surface area contributed by atoms with E-state index >= 15 is 0 Å². The van der Waals surface area contributed by atoms with Crippen LogP contribution in [0.15, 0.2) is 72.8 Å². The third kappa shape index (κ3) is 5.50. The van der Waals surface area contributed by atoms with Crippen LogP contribution in [0.1, 0.15) is 40.1 Å². The normalized spacial score (nSPS) is 12.8. The largest absolute Gasteiger partial charge is 0.497 e. The van der Waals surface area contributed by atoms with E-state index in [1.165, 1.54) is 0 Å². The van der Waals surface area contributed by atoms with Crippen LogP contribution in [0.25, 0.3) is 0 Å². The fourth-order valence-electron chi connectivity index (χ4n) is 3.07. The van der Waals surface area contributed by atoms with Crippen LogP contribution in [-0.4, -0.2) is 23.3 Å². The van der Waals surface area contributed by atoms with Gasteiger partial charge < -0.3 is 20.3 Å². The second-order valence-corrected chi connectivity index (χ2v) is 7.09. The van der Waals surface area contributed by atoms with Gasteiger partial charge in [0.1, 0.15) is 5.75 Å². The number of carboxylic acid groups (broad SMARTS) is 1. The monoisotopic (exact) mass is 411 g/mol. The molecule has 0 aliphatic heterocycles. The van der Waals surface area contributed by atoms with E-state index in [2.05, 4.69) is 5.32 Å². The topological polar surface area (TPSA) is 78.8 Å². The lowest BCUT2D eigenvalue weighted by Crippen LogP contribution is -2.15. The van der Waals surface area contributed by atoms with Gasteiger partial charge in [0.2, 0.25) is 0 Å². The lowest BCUT2D eigenvalue weighted by atomic mass is 9.96. The fraction of sp³-hybridized carbons (Fsp3) is 0.174. The maximum Gasteiger partial charge on any atom is 0.335 e. The molecule has 3 aromatic rings. The minimum Gasteiger partial charge on any atom is -0.497 e. The third-order valence-electron chi connectivity index (χ3n) is 4.70. The Morgan fingerprint density at radius 2 is 1.55 bits per heavy atom. The predicted molar refractivity (Wildman–Crippen MR) is 114 cm³/mol. The van der Waals surface area contributed by atoms with Crippen molar-refractivity contribution in [2.45, 2.75) is 18.6 Å². The Morgan fingerprint density at radius 3 is 2.10 bits per heavy atom. The molecule has 0 spiro atoms. The number of hydrogen-bond acceptors (Lipinski definition) is 4. The Labute approximate surface area is 174 Å². The van der Waals surface area contributed by atoms with Crippen LogP contribution < -0.4 is 10.1 Å². The number of aromatic carboxylic acids is 1. The molecule has 150 valence electrons. The van der Waals surface area contributed by atoms with Gasteiger partial charge in [-0.1, -0.05) is 35.9 Å². The van der Waals surface area contributed by atoms with Crippen molar-refractivity contribution in [1.29, 1.82) is 0 Å². The first kappa shape index (κ1) is 20.7. The van der Waals surface area contributed by atoms with Gasteiger partial charge in [-0.25, -0.2) is 4.79 Å². The van der Waals surface area contributed by atoms with Crippen molar-refractivity contribution in [3.63, 3.8) is 0 Å². The van der Waals surface area contributed by atoms with E-state index in [1.807, 2.05) is 24.3 Å². The molecule has 3 rings (SSSR count). The zero-order chi connectivity index (χ0) is 20.8. The first-order valence-corrected chi connectivity index (χ1v) is 9.51. The molecule has 29 heavy (non-hydrogen) atoms. The first-order chi connectivity index (χ1) is 14.0. The zero-order valence-corrected chi connectivity index (χ0v) is 16.6. The molecule has 0 fully saturated rings. The number of methoxy groups -OCH3 is 1. The summed E-state index contributed by atoms with van der Waals surface area (Å²) in [7, 11) is 1.61. The number of ether oxygens (including phenoxy) is 1. The van der Waals surface area contributed by atoms with Gasteiger partial charge in [-0.15, -0.1) is 0 Å². The standard InChI is InChI=1S/C23H22ClNO4/c1-29-20-12-6-15(7-13-20)21(14-22(26)16-2-8-18(24)9-3-16)25-19-10-4-17(5-11-19)23(27)28/h2-13,21-22,25-26H,14H2,1H3,(H,27,28). The SMILES string of the molecule is COc1ccc(C(CC(O)c2ccc(Cl)cc2)Nc2ccc(C(=O)O)cc2)cc1. The van der Waals surface area contributed by atoms with Gasteiger partial charge in [0.05, 0.1) is 24.8 Å². The van der Waals surface area contributed by atoms with E-state index in [9.17, 15) is 9.90 Å². The van der Waals surface area contributed by atoms with Gasteiger partial charge in [0, 0.05) is 17.1 Å². The van der Waals surface area contributed by atoms with E-state index in [0.29, 0.717) is 11.4 Å². The number of nitrogens with one attached hydrogen (secondary N) is 1. The number of aliphatic hydroxyl groups is 1. The van der Waals surface area contributed by atoms with Crippen molar-refractivity contribution >= 4 is 23.3 Å². The first-order valence-electron chi connectivity index (χ1n) is 9.13. The molecular weight excluding hydrogens is 390 g/mol. The summed E-state index contributed by atoms with van der Waals surface area (Å²) in [5.41, 5.74) is 2.73. The molecule has 2 unspecified atom stereocenters. The number of halogens is 1. The second-order valence-electron chi connectivity index (χ2n) is 6.66. The van der Waals surface area contributed by atoms with Gasteiger partial charge in [-0.3, -0.25) is 0 Å². The number of carboxylic acids is 1. The van der Waals surface area contributed by atoms with Crippen LogP contribution in [0.3, 0.4) is 0 Å². The predicted octanol–water partition coefficient (Wildman–Crippen LogP) is 5.32. The number of anilines is 1. The zero-order valence-electron chi connectivity index (χ0n) is 15.9. The molecule has 0 heterocycles. The maximum atomic E-state index is 11.1. The molecule has 0 aromatic heterocycles. The van der Waals surface area contributed by atoms with Gasteiger partial charge in [-0.2, -0.15) is 0 Å². The molecule has 0 aliphatic rings. The molecule has 5 nitrogen and oxygen atoms in total. The third-order valence-corrected chi connectivity index (χ3v) is 4.96. The van der Waals surface area contributed by atoms with Crippen LogP contribution in [0.5, 0.6) is 5.75 Å². The number of aliphatic hydroxyl groups excluding tert-OH is 1. The van der Waals surface area contributed by atoms with Gasteiger partial charge in [0.25, 0.3) is 0 Å². The highest BCUT2D eigenvalue weighted by atomic mass is 35.5. The summed E-state index contributed by atoms with van der Waals surface area (Å²) < 4.78 is 5.23. The lowest BCUT2D eigenvalue weighted by molar-refractivity contribution is 0.0697. The van der Waals surface area contributed by atoms with Gasteiger partial charge in [-0.05, 0) is 59.7 Å². The van der Waals surface area contributed by atoms with Crippen molar-refractivity contribution in [3.05, 3.63) is 94.5 Å². The van der Waals surface area contributed by atoms with Gasteiger partial charge >= 0.3 is 5.97 Å². The van der Waals surface area contributed by atoms with Crippen LogP contribution in [0.4, 0.5) is 5.69 Å². The fourth-order valence-corrected chi connectivity index (χ4v) is 3.20. The number of carbonyl (C=O) groups is 1. The summed E-state index contributed by atoms with van der Waals surface area (Å²) >= 11 is 5.94. The molecule has 0 saturated carbocycles. The number of benzene rings is 3. The Morgan fingerprint density at radius 1 is 0.966 bits per heavy atom. The summed E-state index contributed by atoms with van der Waals surface area (Å²) in [6.45, 7) is 0. The number of rotatable bonds is 8. The highest BCUT2D eigenvalue weighted by Gasteiger charge is 2.18. The van der Waals surface area contributed by atoms with Crippen molar-refractivity contribution in [1.82, 2.24) is 0 Å². The van der Waals surface area contributed by atoms with E-state index in [4.69, 9.17) is 21.4 Å². The Bertz CT molecular complexity index is 940. The molecule has 2 atom stereocenters. The summed E-state index contributed by atoms with van der Waals surface area (Å²) in [4.78, 5) is 11.1. The van der Waals surface area contributed by atoms with E-state index in [0.717, 1.165) is 22.6 Å². The average Bonchev–Trinajstić information content (AvgIpc) is 2.74. The molecule has 0 amide bonds. The van der Waals surface area contributed by atoms with Crippen molar-refractivity contribution < 1.29 is 19.7 Å². The van der Waals surface area contributed by atoms with Crippen molar-refractivity contribution in [2.24, 2.45) is 0 Å². The van der Waals surface area contributed by atoms with Crippen molar-refractivity contribution in [2.75, 3.05) is 12.4 Å². The summed E-state index contributed by atoms with van der Waals surface area (Å²) in [5, 5.41) is 23.8. The number of hydrogen-bond donors (Lipinski definition) is 3. The van der Waals surface area contributed by atoms with E-state index in [1.54, 1.807) is 55.6 Å². The average molecular weight is 412 g/mol. The smallest absolute Gasteiger partial charge is 0.335 e. The quantitative estimate of drug-likeness (QED) is 0.467. The molecule has 0 saturated heterocycles. The highest BCUT2D eigenvalue weighted by molar-refractivity contribution is 6.30. The lowest BCUT2D eigenvalue weighted by Gasteiger charge is -2.24. The Balaban J connectivity index is 1.83. The summed E-state index contributed by atoms with van der Waals surface area (Å²) in [6, 6.07) is 21.1. The van der Waals surface area contributed by atoms with Crippen molar-refractivity contribution in [3.8, 4) is 5.75 Å². The van der Waals surface area contributed by atoms with E-state index < -0.39 is 12.1 Å². The summed E-state index contributed by atoms with van der Waals surface area (Å²) in [5.74, 6) is -0.224. The maximum absolute atomic E-state index is 11.1. The van der Waals surface area contributed by atoms with Crippen LogP contribution >= 0.6 is 11.6 Å². The molecule has 0 radical (unpaired) electrons. The second kappa shape index (κ2) is 9.45. The van der Waals surface area contributed by atoms with Crippen LogP contribution in [-0.2, 0) is 0 Å². The van der Waals surface area contributed by atoms with Crippen LogP contribution in [0.2, 0.25) is 5.02 Å². The molecule has 0 bridgehead atoms. The molecule has 6 heteroatoms. The minimum absolute atomic E-state index is 0.206. The highest BCUT2D eigenvalue weighted by Crippen LogP contribution is 2.31. The Hall–Kier alpha value is -3.02. The Kier molecular flexibility index (Phi) is 6.75. The summed E-state index contributed by atoms with van der Waals surface area (Å²) in [6.07, 6.45) is -0.292. The molecule has 0 aliphatic carbocycles.